The Morgan fingerprint density at radius 2 is 1.86 bits per heavy atom. The van der Waals surface area contributed by atoms with Crippen molar-refractivity contribution in [2.45, 2.75) is 33.7 Å². The minimum absolute atomic E-state index is 0.410. The third-order valence-corrected chi connectivity index (χ3v) is 3.87. The fraction of sp³-hybridized carbons (Fsp3) is 0.278. The number of aromatic nitrogens is 1. The van der Waals surface area contributed by atoms with E-state index in [1.54, 1.807) is 12.1 Å². The molecule has 0 aliphatic carbocycles. The first-order valence-electron chi connectivity index (χ1n) is 7.00. The molecule has 0 N–H and O–H groups in total. The van der Waals surface area contributed by atoms with Crippen LogP contribution >= 0.6 is 11.6 Å². The van der Waals surface area contributed by atoms with E-state index in [2.05, 4.69) is 44.4 Å². The summed E-state index contributed by atoms with van der Waals surface area (Å²) in [5.41, 5.74) is 5.02. The molecule has 2 aromatic rings. The van der Waals surface area contributed by atoms with Crippen molar-refractivity contribution >= 4 is 23.3 Å². The second-order valence-corrected chi connectivity index (χ2v) is 5.90. The molecule has 0 fully saturated rings. The van der Waals surface area contributed by atoms with Crippen molar-refractivity contribution in [1.82, 2.24) is 4.57 Å². The van der Waals surface area contributed by atoms with Crippen LogP contribution in [0.5, 0.6) is 0 Å². The highest BCUT2D eigenvalue weighted by molar-refractivity contribution is 6.30. The lowest BCUT2D eigenvalue weighted by atomic mass is 10.0. The van der Waals surface area contributed by atoms with Crippen LogP contribution in [0.25, 0.3) is 11.6 Å². The number of rotatable bonds is 3. The molecule has 1 heterocycles. The van der Waals surface area contributed by atoms with Crippen molar-refractivity contribution in [2.24, 2.45) is 0 Å². The van der Waals surface area contributed by atoms with Gasteiger partial charge < -0.3 is 4.57 Å². The maximum absolute atomic E-state index is 9.43. The highest BCUT2D eigenvalue weighted by atomic mass is 35.5. The van der Waals surface area contributed by atoms with Gasteiger partial charge in [0.2, 0.25) is 0 Å². The van der Waals surface area contributed by atoms with Crippen LogP contribution in [-0.2, 0) is 0 Å². The number of hydrogen-bond donors (Lipinski definition) is 0. The van der Waals surface area contributed by atoms with E-state index < -0.39 is 0 Å². The number of allylic oxidation sites excluding steroid dienone is 1. The summed E-state index contributed by atoms with van der Waals surface area (Å²) in [6.07, 6.45) is 1.95. The standard InChI is InChI=1S/C18H19ClN2/c1-12(2)21-13(3)9-16(14(21)4)10-17(11-20)15-5-7-18(19)8-6-15/h5-10,12H,1-4H3. The van der Waals surface area contributed by atoms with Gasteiger partial charge in [-0.05, 0) is 63.1 Å². The lowest BCUT2D eigenvalue weighted by Crippen LogP contribution is -2.04. The van der Waals surface area contributed by atoms with Crippen molar-refractivity contribution in [3.8, 4) is 6.07 Å². The fourth-order valence-electron chi connectivity index (χ4n) is 2.71. The first-order chi connectivity index (χ1) is 9.93. The first kappa shape index (κ1) is 15.4. The topological polar surface area (TPSA) is 28.7 Å². The molecule has 2 nitrogen and oxygen atoms in total. The van der Waals surface area contributed by atoms with Crippen LogP contribution in [0.3, 0.4) is 0 Å². The summed E-state index contributed by atoms with van der Waals surface area (Å²) in [6, 6.07) is 12.2. The smallest absolute Gasteiger partial charge is 0.0998 e. The van der Waals surface area contributed by atoms with Gasteiger partial charge in [-0.15, -0.1) is 0 Å². The van der Waals surface area contributed by atoms with Crippen LogP contribution in [0.15, 0.2) is 30.3 Å². The summed E-state index contributed by atoms with van der Waals surface area (Å²) in [6.45, 7) is 8.52. The minimum Gasteiger partial charge on any atom is -0.346 e. The zero-order chi connectivity index (χ0) is 15.6. The van der Waals surface area contributed by atoms with Gasteiger partial charge >= 0.3 is 0 Å². The predicted octanol–water partition coefficient (Wildman–Crippen LogP) is 5.40. The molecule has 0 aliphatic rings. The third-order valence-electron chi connectivity index (χ3n) is 3.62. The summed E-state index contributed by atoms with van der Waals surface area (Å²) in [5, 5.41) is 10.1. The van der Waals surface area contributed by atoms with Gasteiger partial charge in [0.1, 0.15) is 0 Å². The third kappa shape index (κ3) is 3.20. The Balaban J connectivity index is 2.49. The zero-order valence-corrected chi connectivity index (χ0v) is 13.6. The maximum Gasteiger partial charge on any atom is 0.0998 e. The Morgan fingerprint density at radius 3 is 2.33 bits per heavy atom. The van der Waals surface area contributed by atoms with Crippen LogP contribution in [-0.4, -0.2) is 4.57 Å². The molecule has 0 amide bonds. The van der Waals surface area contributed by atoms with Gasteiger partial charge in [-0.2, -0.15) is 5.26 Å². The summed E-state index contributed by atoms with van der Waals surface area (Å²) >= 11 is 5.90. The Kier molecular flexibility index (Phi) is 4.55. The SMILES string of the molecule is Cc1cc(C=C(C#N)c2ccc(Cl)cc2)c(C)n1C(C)C. The van der Waals surface area contributed by atoms with Crippen LogP contribution in [0.4, 0.5) is 0 Å². The van der Waals surface area contributed by atoms with Crippen LogP contribution in [0.2, 0.25) is 5.02 Å². The van der Waals surface area contributed by atoms with Crippen molar-refractivity contribution in [1.29, 1.82) is 5.26 Å². The van der Waals surface area contributed by atoms with E-state index in [9.17, 15) is 5.26 Å². The molecule has 21 heavy (non-hydrogen) atoms. The maximum atomic E-state index is 9.43. The quantitative estimate of drug-likeness (QED) is 0.697. The number of benzene rings is 1. The van der Waals surface area contributed by atoms with E-state index in [-0.39, 0.29) is 0 Å². The highest BCUT2D eigenvalue weighted by Gasteiger charge is 2.11. The molecule has 1 aromatic carbocycles. The molecule has 0 radical (unpaired) electrons. The molecule has 0 aliphatic heterocycles. The van der Waals surface area contributed by atoms with Crippen LogP contribution in [0.1, 0.15) is 42.4 Å². The van der Waals surface area contributed by atoms with E-state index in [1.807, 2.05) is 18.2 Å². The van der Waals surface area contributed by atoms with Gasteiger partial charge in [0.15, 0.2) is 0 Å². The normalized spacial score (nSPS) is 11.8. The molecule has 0 spiro atoms. The van der Waals surface area contributed by atoms with E-state index in [4.69, 9.17) is 11.6 Å². The fourth-order valence-corrected chi connectivity index (χ4v) is 2.83. The molecule has 2 rings (SSSR count). The van der Waals surface area contributed by atoms with Crippen molar-refractivity contribution in [3.05, 3.63) is 57.9 Å². The summed E-state index contributed by atoms with van der Waals surface area (Å²) in [4.78, 5) is 0. The number of halogens is 1. The van der Waals surface area contributed by atoms with Crippen molar-refractivity contribution < 1.29 is 0 Å². The van der Waals surface area contributed by atoms with E-state index in [0.29, 0.717) is 16.6 Å². The molecular formula is C18H19ClN2. The van der Waals surface area contributed by atoms with Gasteiger partial charge in [-0.1, -0.05) is 23.7 Å². The predicted molar refractivity (Wildman–Crippen MR) is 89.2 cm³/mol. The average molecular weight is 299 g/mol. The summed E-state index contributed by atoms with van der Waals surface area (Å²) in [7, 11) is 0. The molecule has 1 aromatic heterocycles. The monoisotopic (exact) mass is 298 g/mol. The van der Waals surface area contributed by atoms with Gasteiger partial charge in [-0.3, -0.25) is 0 Å². The molecular weight excluding hydrogens is 280 g/mol. The number of nitriles is 1. The molecule has 0 unspecified atom stereocenters. The molecule has 108 valence electrons. The minimum atomic E-state index is 0.410. The summed E-state index contributed by atoms with van der Waals surface area (Å²) in [5.74, 6) is 0. The summed E-state index contributed by atoms with van der Waals surface area (Å²) < 4.78 is 2.28. The van der Waals surface area contributed by atoms with Gasteiger partial charge in [0.25, 0.3) is 0 Å². The largest absolute Gasteiger partial charge is 0.346 e. The van der Waals surface area contributed by atoms with E-state index in [1.165, 1.54) is 11.4 Å². The lowest BCUT2D eigenvalue weighted by molar-refractivity contribution is 0.574. The van der Waals surface area contributed by atoms with Gasteiger partial charge in [0.05, 0.1) is 11.6 Å². The first-order valence-corrected chi connectivity index (χ1v) is 7.38. The van der Waals surface area contributed by atoms with Gasteiger partial charge in [-0.25, -0.2) is 0 Å². The van der Waals surface area contributed by atoms with E-state index >= 15 is 0 Å². The van der Waals surface area contributed by atoms with E-state index in [0.717, 1.165) is 11.1 Å². The Bertz CT molecular complexity index is 713. The number of hydrogen-bond acceptors (Lipinski definition) is 1. The second-order valence-electron chi connectivity index (χ2n) is 5.47. The average Bonchev–Trinajstić information content (AvgIpc) is 2.71. The van der Waals surface area contributed by atoms with Crippen LogP contribution < -0.4 is 0 Å². The molecule has 0 atom stereocenters. The molecule has 0 bridgehead atoms. The van der Waals surface area contributed by atoms with Crippen molar-refractivity contribution in [3.63, 3.8) is 0 Å². The highest BCUT2D eigenvalue weighted by Crippen LogP contribution is 2.25. The van der Waals surface area contributed by atoms with Crippen molar-refractivity contribution in [2.75, 3.05) is 0 Å². The molecule has 0 saturated heterocycles. The lowest BCUT2D eigenvalue weighted by Gasteiger charge is -2.13. The van der Waals surface area contributed by atoms with Gasteiger partial charge in [0, 0.05) is 22.5 Å². The number of aryl methyl sites for hydroxylation is 1. The second kappa shape index (κ2) is 6.20. The molecule has 3 heteroatoms. The number of nitrogens with zero attached hydrogens (tertiary/aromatic N) is 2. The zero-order valence-electron chi connectivity index (χ0n) is 12.8. The Labute approximate surface area is 131 Å². The Hall–Kier alpha value is -1.98. The molecule has 0 saturated carbocycles. The Morgan fingerprint density at radius 1 is 1.24 bits per heavy atom. The van der Waals surface area contributed by atoms with Crippen LogP contribution in [0, 0.1) is 25.2 Å².